The van der Waals surface area contributed by atoms with Crippen molar-refractivity contribution < 1.29 is 4.39 Å². The molecule has 7 heteroatoms. The van der Waals surface area contributed by atoms with Crippen LogP contribution >= 0.6 is 24.0 Å². The number of hydrogen-bond acceptors (Lipinski definition) is 2. The van der Waals surface area contributed by atoms with Gasteiger partial charge in [-0.05, 0) is 54.3 Å². The van der Waals surface area contributed by atoms with E-state index in [1.165, 1.54) is 6.07 Å². The largest absolute Gasteiger partial charge is 0.356 e. The molecule has 1 aliphatic carbocycles. The Kier molecular flexibility index (Phi) is 6.89. The predicted octanol–water partition coefficient (Wildman–Crippen LogP) is 4.03. The van der Waals surface area contributed by atoms with Gasteiger partial charge < -0.3 is 10.6 Å². The Morgan fingerprint density at radius 1 is 1.14 bits per heavy atom. The van der Waals surface area contributed by atoms with Gasteiger partial charge in [0.15, 0.2) is 5.96 Å². The van der Waals surface area contributed by atoms with E-state index in [0.29, 0.717) is 6.54 Å². The number of rotatable bonds is 6. The number of benzene rings is 2. The smallest absolute Gasteiger partial charge is 0.191 e. The summed E-state index contributed by atoms with van der Waals surface area (Å²) in [5.74, 6) is 0.573. The second kappa shape index (κ2) is 9.39. The maximum Gasteiger partial charge on any atom is 0.191 e. The molecule has 29 heavy (non-hydrogen) atoms. The molecule has 1 aromatic heterocycles. The normalized spacial score (nSPS) is 14.8. The zero-order chi connectivity index (χ0) is 19.4. The molecule has 0 spiro atoms. The zero-order valence-electron chi connectivity index (χ0n) is 16.3. The van der Waals surface area contributed by atoms with Crippen molar-refractivity contribution in [3.8, 4) is 5.69 Å². The van der Waals surface area contributed by atoms with Crippen LogP contribution in [-0.2, 0) is 12.0 Å². The van der Waals surface area contributed by atoms with E-state index in [-0.39, 0.29) is 35.2 Å². The first-order chi connectivity index (χ1) is 13.7. The minimum Gasteiger partial charge on any atom is -0.356 e. The Balaban J connectivity index is 0.00000240. The molecule has 0 unspecified atom stereocenters. The number of halogens is 2. The van der Waals surface area contributed by atoms with Gasteiger partial charge in [-0.25, -0.2) is 9.07 Å². The molecule has 0 amide bonds. The van der Waals surface area contributed by atoms with E-state index in [0.717, 1.165) is 42.2 Å². The highest BCUT2D eigenvalue weighted by molar-refractivity contribution is 14.0. The Morgan fingerprint density at radius 3 is 2.55 bits per heavy atom. The molecule has 1 aliphatic rings. The number of aromatic nitrogens is 2. The molecule has 0 atom stereocenters. The summed E-state index contributed by atoms with van der Waals surface area (Å²) in [4.78, 5) is 4.31. The summed E-state index contributed by atoms with van der Waals surface area (Å²) in [6.07, 6.45) is 5.82. The number of nitrogens with one attached hydrogen (secondary N) is 2. The SMILES string of the molecule is CN=C(NCc1ccc(-n2cccn2)cc1)NCC1(c2cccc(F)c2)CC1.I. The van der Waals surface area contributed by atoms with Gasteiger partial charge in [0.2, 0.25) is 0 Å². The van der Waals surface area contributed by atoms with Gasteiger partial charge in [-0.1, -0.05) is 24.3 Å². The highest BCUT2D eigenvalue weighted by Gasteiger charge is 2.44. The standard InChI is InChI=1S/C22H24FN5.HI/c1-24-21(26-16-22(10-11-22)18-4-2-5-19(23)14-18)25-15-17-6-8-20(9-7-17)28-13-3-12-27-28;/h2-9,12-14H,10-11,15-16H2,1H3,(H2,24,25,26);1H. The molecule has 3 aromatic rings. The van der Waals surface area contributed by atoms with Crippen molar-refractivity contribution in [1.82, 2.24) is 20.4 Å². The van der Waals surface area contributed by atoms with E-state index < -0.39 is 0 Å². The van der Waals surface area contributed by atoms with Gasteiger partial charge in [0.05, 0.1) is 5.69 Å². The molecule has 1 saturated carbocycles. The van der Waals surface area contributed by atoms with Crippen LogP contribution in [0.4, 0.5) is 4.39 Å². The van der Waals surface area contributed by atoms with Gasteiger partial charge in [-0.2, -0.15) is 5.10 Å². The third-order valence-corrected chi connectivity index (χ3v) is 5.27. The molecule has 0 aliphatic heterocycles. The third-order valence-electron chi connectivity index (χ3n) is 5.27. The molecule has 0 radical (unpaired) electrons. The molecule has 1 fully saturated rings. The van der Waals surface area contributed by atoms with Gasteiger partial charge in [-0.3, -0.25) is 4.99 Å². The van der Waals surface area contributed by atoms with Crippen LogP contribution in [0.1, 0.15) is 24.0 Å². The van der Waals surface area contributed by atoms with Crippen molar-refractivity contribution in [3.63, 3.8) is 0 Å². The minimum atomic E-state index is -0.176. The van der Waals surface area contributed by atoms with E-state index in [9.17, 15) is 4.39 Å². The van der Waals surface area contributed by atoms with E-state index in [1.807, 2.05) is 35.1 Å². The fourth-order valence-electron chi connectivity index (χ4n) is 3.38. The Hall–Kier alpha value is -2.42. The van der Waals surface area contributed by atoms with Gasteiger partial charge >= 0.3 is 0 Å². The molecule has 5 nitrogen and oxygen atoms in total. The van der Waals surface area contributed by atoms with Crippen molar-refractivity contribution in [1.29, 1.82) is 0 Å². The van der Waals surface area contributed by atoms with Crippen molar-refractivity contribution in [3.05, 3.63) is 83.9 Å². The monoisotopic (exact) mass is 505 g/mol. The van der Waals surface area contributed by atoms with Crippen LogP contribution in [0.3, 0.4) is 0 Å². The average Bonchev–Trinajstić information content (AvgIpc) is 3.32. The molecular formula is C22H25FIN5. The van der Waals surface area contributed by atoms with Crippen LogP contribution in [0.5, 0.6) is 0 Å². The Morgan fingerprint density at radius 2 is 1.93 bits per heavy atom. The molecule has 152 valence electrons. The Labute approximate surface area is 187 Å². The number of guanidine groups is 1. The second-order valence-corrected chi connectivity index (χ2v) is 7.19. The van der Waals surface area contributed by atoms with Crippen LogP contribution in [-0.4, -0.2) is 29.3 Å². The summed E-state index contributed by atoms with van der Waals surface area (Å²) in [6, 6.07) is 17.1. The summed E-state index contributed by atoms with van der Waals surface area (Å²) >= 11 is 0. The maximum atomic E-state index is 13.6. The first-order valence-corrected chi connectivity index (χ1v) is 9.48. The van der Waals surface area contributed by atoms with Crippen LogP contribution in [0.2, 0.25) is 0 Å². The first kappa shape index (κ1) is 21.3. The molecule has 2 N–H and O–H groups in total. The molecule has 2 aromatic carbocycles. The van der Waals surface area contributed by atoms with E-state index >= 15 is 0 Å². The summed E-state index contributed by atoms with van der Waals surface area (Å²) < 4.78 is 15.4. The van der Waals surface area contributed by atoms with Crippen molar-refractivity contribution in [2.24, 2.45) is 4.99 Å². The van der Waals surface area contributed by atoms with Gasteiger partial charge in [0, 0.05) is 37.9 Å². The number of hydrogen-bond donors (Lipinski definition) is 2. The van der Waals surface area contributed by atoms with E-state index in [4.69, 9.17) is 0 Å². The van der Waals surface area contributed by atoms with E-state index in [1.54, 1.807) is 25.4 Å². The lowest BCUT2D eigenvalue weighted by Crippen LogP contribution is -2.40. The Bertz CT molecular complexity index is 950. The lowest BCUT2D eigenvalue weighted by molar-refractivity contribution is 0.607. The summed E-state index contributed by atoms with van der Waals surface area (Å²) in [5, 5.41) is 11.0. The lowest BCUT2D eigenvalue weighted by Gasteiger charge is -2.19. The highest BCUT2D eigenvalue weighted by Crippen LogP contribution is 2.47. The summed E-state index contributed by atoms with van der Waals surface area (Å²) in [5.41, 5.74) is 3.27. The van der Waals surface area contributed by atoms with Gasteiger partial charge in [0.1, 0.15) is 5.82 Å². The van der Waals surface area contributed by atoms with Gasteiger partial charge in [0.25, 0.3) is 0 Å². The highest BCUT2D eigenvalue weighted by atomic mass is 127. The molecule has 4 rings (SSSR count). The van der Waals surface area contributed by atoms with E-state index in [2.05, 4.69) is 32.9 Å². The molecule has 0 saturated heterocycles. The fraction of sp³-hybridized carbons (Fsp3) is 0.273. The number of nitrogens with zero attached hydrogens (tertiary/aromatic N) is 3. The van der Waals surface area contributed by atoms with Gasteiger partial charge in [-0.15, -0.1) is 24.0 Å². The topological polar surface area (TPSA) is 54.2 Å². The first-order valence-electron chi connectivity index (χ1n) is 9.48. The van der Waals surface area contributed by atoms with Crippen LogP contribution in [0.15, 0.2) is 72.0 Å². The van der Waals surface area contributed by atoms with Crippen LogP contribution in [0, 0.1) is 5.82 Å². The minimum absolute atomic E-state index is 0. The summed E-state index contributed by atoms with van der Waals surface area (Å²) in [6.45, 7) is 1.42. The van der Waals surface area contributed by atoms with Crippen molar-refractivity contribution >= 4 is 29.9 Å². The lowest BCUT2D eigenvalue weighted by atomic mass is 9.96. The second-order valence-electron chi connectivity index (χ2n) is 7.19. The average molecular weight is 505 g/mol. The summed E-state index contributed by atoms with van der Waals surface area (Å²) in [7, 11) is 1.76. The third kappa shape index (κ3) is 5.14. The molecule has 1 heterocycles. The number of aliphatic imine (C=N–C) groups is 1. The van der Waals surface area contributed by atoms with Crippen molar-refractivity contribution in [2.75, 3.05) is 13.6 Å². The van der Waals surface area contributed by atoms with Crippen molar-refractivity contribution in [2.45, 2.75) is 24.8 Å². The molecule has 0 bridgehead atoms. The molecular weight excluding hydrogens is 480 g/mol. The quantitative estimate of drug-likeness (QED) is 0.302. The maximum absolute atomic E-state index is 13.6. The predicted molar refractivity (Wildman–Crippen MR) is 124 cm³/mol. The van der Waals surface area contributed by atoms with Crippen LogP contribution in [0.25, 0.3) is 5.69 Å². The zero-order valence-corrected chi connectivity index (χ0v) is 18.6. The van der Waals surface area contributed by atoms with Crippen LogP contribution < -0.4 is 10.6 Å². The fourth-order valence-corrected chi connectivity index (χ4v) is 3.38.